The smallest absolute Gasteiger partial charge is 0.123 e. The van der Waals surface area contributed by atoms with Crippen molar-refractivity contribution < 1.29 is 19.3 Å². The van der Waals surface area contributed by atoms with Crippen LogP contribution in [0.5, 0.6) is 0 Å². The Morgan fingerprint density at radius 2 is 2.11 bits per heavy atom. The van der Waals surface area contributed by atoms with Gasteiger partial charge in [0.15, 0.2) is 0 Å². The Kier molecular flexibility index (Phi) is 6.04. The number of nitrogens with zero attached hydrogens (tertiary/aromatic N) is 1. The molecule has 1 rings (SSSR count). The summed E-state index contributed by atoms with van der Waals surface area (Å²) >= 11 is 0. The van der Waals surface area contributed by atoms with Crippen molar-refractivity contribution in [3.63, 3.8) is 0 Å². The first-order valence-electron chi connectivity index (χ1n) is 5.92. The molecule has 1 aromatic carbocycles. The van der Waals surface area contributed by atoms with Crippen molar-refractivity contribution in [1.29, 1.82) is 0 Å². The summed E-state index contributed by atoms with van der Waals surface area (Å²) in [5.74, 6) is -0.384. The van der Waals surface area contributed by atoms with Gasteiger partial charge < -0.3 is 19.8 Å². The molecule has 0 amide bonds. The van der Waals surface area contributed by atoms with Crippen LogP contribution in [0.1, 0.15) is 18.6 Å². The fraction of sp³-hybridized carbons (Fsp3) is 0.538. The van der Waals surface area contributed by atoms with Crippen LogP contribution < -0.4 is 4.90 Å². The monoisotopic (exact) mass is 257 g/mol. The van der Waals surface area contributed by atoms with Gasteiger partial charge in [0.1, 0.15) is 5.82 Å². The van der Waals surface area contributed by atoms with E-state index in [1.54, 1.807) is 20.1 Å². The van der Waals surface area contributed by atoms with E-state index < -0.39 is 6.10 Å². The summed E-state index contributed by atoms with van der Waals surface area (Å²) in [7, 11) is 1.59. The van der Waals surface area contributed by atoms with E-state index in [4.69, 9.17) is 9.84 Å². The first-order valence-corrected chi connectivity index (χ1v) is 5.92. The molecule has 1 aromatic rings. The molecule has 0 aliphatic heterocycles. The average molecular weight is 257 g/mol. The Morgan fingerprint density at radius 1 is 1.39 bits per heavy atom. The molecule has 0 spiro atoms. The molecule has 0 aromatic heterocycles. The first-order chi connectivity index (χ1) is 8.60. The summed E-state index contributed by atoms with van der Waals surface area (Å²) in [5, 5.41) is 18.7. The lowest BCUT2D eigenvalue weighted by Gasteiger charge is -2.27. The van der Waals surface area contributed by atoms with Gasteiger partial charge in [-0.2, -0.15) is 0 Å². The molecule has 1 unspecified atom stereocenters. The normalized spacial score (nSPS) is 12.5. The van der Waals surface area contributed by atoms with Crippen LogP contribution in [0.4, 0.5) is 10.1 Å². The number of methoxy groups -OCH3 is 1. The molecule has 0 bridgehead atoms. The van der Waals surface area contributed by atoms with Crippen LogP contribution in [0.25, 0.3) is 0 Å². The topological polar surface area (TPSA) is 52.9 Å². The number of aliphatic hydroxyl groups excluding tert-OH is 2. The van der Waals surface area contributed by atoms with Crippen LogP contribution in [0.3, 0.4) is 0 Å². The van der Waals surface area contributed by atoms with E-state index >= 15 is 0 Å². The molecule has 102 valence electrons. The van der Waals surface area contributed by atoms with Gasteiger partial charge in [-0.15, -0.1) is 0 Å². The zero-order chi connectivity index (χ0) is 13.5. The molecule has 0 aliphatic carbocycles. The second kappa shape index (κ2) is 7.31. The Labute approximate surface area is 107 Å². The number of anilines is 1. The molecule has 0 fully saturated rings. The van der Waals surface area contributed by atoms with Gasteiger partial charge in [0.25, 0.3) is 0 Å². The van der Waals surface area contributed by atoms with Crippen molar-refractivity contribution in [3.8, 4) is 0 Å². The highest BCUT2D eigenvalue weighted by Crippen LogP contribution is 2.27. The van der Waals surface area contributed by atoms with E-state index in [0.29, 0.717) is 25.3 Å². The van der Waals surface area contributed by atoms with Gasteiger partial charge in [0, 0.05) is 31.5 Å². The summed E-state index contributed by atoms with van der Waals surface area (Å²) in [4.78, 5) is 1.87. The number of hydrogen-bond acceptors (Lipinski definition) is 4. The van der Waals surface area contributed by atoms with Crippen molar-refractivity contribution in [1.82, 2.24) is 0 Å². The van der Waals surface area contributed by atoms with E-state index in [9.17, 15) is 9.50 Å². The second-order valence-electron chi connectivity index (χ2n) is 4.08. The fourth-order valence-electron chi connectivity index (χ4n) is 1.82. The number of aliphatic hydroxyl groups is 2. The third-order valence-corrected chi connectivity index (χ3v) is 2.72. The highest BCUT2D eigenvalue weighted by Gasteiger charge is 2.15. The Balaban J connectivity index is 3.01. The molecule has 4 nitrogen and oxygen atoms in total. The van der Waals surface area contributed by atoms with Crippen LogP contribution in [0, 0.1) is 5.82 Å². The largest absolute Gasteiger partial charge is 0.395 e. The maximum atomic E-state index is 13.2. The van der Waals surface area contributed by atoms with E-state index in [0.717, 1.165) is 5.69 Å². The van der Waals surface area contributed by atoms with Crippen molar-refractivity contribution in [2.24, 2.45) is 0 Å². The number of rotatable bonds is 7. The predicted molar refractivity (Wildman–Crippen MR) is 68.2 cm³/mol. The minimum Gasteiger partial charge on any atom is -0.395 e. The Morgan fingerprint density at radius 3 is 2.67 bits per heavy atom. The number of halogens is 1. The lowest BCUT2D eigenvalue weighted by molar-refractivity contribution is 0.195. The van der Waals surface area contributed by atoms with E-state index in [-0.39, 0.29) is 12.4 Å². The number of hydrogen-bond donors (Lipinski definition) is 2. The Bertz CT molecular complexity index is 371. The summed E-state index contributed by atoms with van der Waals surface area (Å²) in [6, 6.07) is 4.28. The molecule has 2 N–H and O–H groups in total. The van der Waals surface area contributed by atoms with Crippen LogP contribution in [-0.2, 0) is 4.74 Å². The molecule has 0 saturated heterocycles. The van der Waals surface area contributed by atoms with E-state index in [2.05, 4.69) is 0 Å². The van der Waals surface area contributed by atoms with Crippen molar-refractivity contribution in [2.75, 3.05) is 38.3 Å². The number of ether oxygens (including phenoxy) is 1. The van der Waals surface area contributed by atoms with Gasteiger partial charge in [-0.1, -0.05) is 0 Å². The standard InChI is InChI=1S/C13H20FNO3/c1-10(17)12-9-11(14)3-4-13(12)15(5-7-16)6-8-18-2/h3-4,9-10,16-17H,5-8H2,1-2H3. The predicted octanol–water partition coefficient (Wildman–Crippen LogP) is 1.32. The molecular formula is C13H20FNO3. The van der Waals surface area contributed by atoms with Crippen LogP contribution >= 0.6 is 0 Å². The highest BCUT2D eigenvalue weighted by molar-refractivity contribution is 5.54. The van der Waals surface area contributed by atoms with Gasteiger partial charge in [-0.05, 0) is 25.1 Å². The molecule has 0 radical (unpaired) electrons. The van der Waals surface area contributed by atoms with Crippen LogP contribution in [-0.4, -0.2) is 43.6 Å². The first kappa shape index (κ1) is 14.9. The summed E-state index contributed by atoms with van der Waals surface area (Å²) in [6.07, 6.45) is -0.764. The van der Waals surface area contributed by atoms with Crippen LogP contribution in [0.15, 0.2) is 18.2 Å². The molecule has 0 aliphatic rings. The third kappa shape index (κ3) is 3.94. The van der Waals surface area contributed by atoms with Gasteiger partial charge in [-0.3, -0.25) is 0 Å². The second-order valence-corrected chi connectivity index (χ2v) is 4.08. The van der Waals surface area contributed by atoms with Gasteiger partial charge >= 0.3 is 0 Å². The average Bonchev–Trinajstić information content (AvgIpc) is 2.34. The van der Waals surface area contributed by atoms with Crippen LogP contribution in [0.2, 0.25) is 0 Å². The Hall–Kier alpha value is -1.17. The van der Waals surface area contributed by atoms with Gasteiger partial charge in [0.2, 0.25) is 0 Å². The third-order valence-electron chi connectivity index (χ3n) is 2.72. The SMILES string of the molecule is COCCN(CCO)c1ccc(F)cc1C(C)O. The lowest BCUT2D eigenvalue weighted by atomic mass is 10.1. The molecule has 18 heavy (non-hydrogen) atoms. The maximum absolute atomic E-state index is 13.2. The van der Waals surface area contributed by atoms with E-state index in [1.165, 1.54) is 12.1 Å². The molecule has 0 heterocycles. The summed E-state index contributed by atoms with van der Waals surface area (Å²) < 4.78 is 18.2. The molecular weight excluding hydrogens is 237 g/mol. The molecule has 1 atom stereocenters. The lowest BCUT2D eigenvalue weighted by Crippen LogP contribution is -2.31. The van der Waals surface area contributed by atoms with Crippen molar-refractivity contribution in [3.05, 3.63) is 29.6 Å². The minimum absolute atomic E-state index is 0.0136. The summed E-state index contributed by atoms with van der Waals surface area (Å²) in [6.45, 7) is 3.06. The quantitative estimate of drug-likeness (QED) is 0.773. The van der Waals surface area contributed by atoms with Gasteiger partial charge in [0.05, 0.1) is 19.3 Å². The summed E-state index contributed by atoms with van der Waals surface area (Å²) in [5.41, 5.74) is 1.23. The maximum Gasteiger partial charge on any atom is 0.123 e. The van der Waals surface area contributed by atoms with Gasteiger partial charge in [-0.25, -0.2) is 4.39 Å². The van der Waals surface area contributed by atoms with Crippen molar-refractivity contribution >= 4 is 5.69 Å². The fourth-order valence-corrected chi connectivity index (χ4v) is 1.82. The van der Waals surface area contributed by atoms with Crippen molar-refractivity contribution in [2.45, 2.75) is 13.0 Å². The zero-order valence-electron chi connectivity index (χ0n) is 10.8. The minimum atomic E-state index is -0.764. The molecule has 5 heteroatoms. The van der Waals surface area contributed by atoms with E-state index in [1.807, 2.05) is 4.90 Å². The molecule has 0 saturated carbocycles. The number of benzene rings is 1. The zero-order valence-corrected chi connectivity index (χ0v) is 10.8. The highest BCUT2D eigenvalue weighted by atomic mass is 19.1.